The van der Waals surface area contributed by atoms with Crippen molar-refractivity contribution in [1.82, 2.24) is 5.32 Å². The average molecular weight is 366 g/mol. The molecule has 6 heteroatoms. The molecule has 0 aliphatic carbocycles. The Morgan fingerprint density at radius 3 is 2.62 bits per heavy atom. The highest BCUT2D eigenvalue weighted by atomic mass is 35.5. The summed E-state index contributed by atoms with van der Waals surface area (Å²) in [4.78, 5) is 12.4. The molecule has 0 atom stereocenters. The summed E-state index contributed by atoms with van der Waals surface area (Å²) in [7, 11) is -3.27. The van der Waals surface area contributed by atoms with E-state index in [1.807, 2.05) is 25.1 Å². The van der Waals surface area contributed by atoms with E-state index in [-0.39, 0.29) is 23.0 Å². The second-order valence-electron chi connectivity index (χ2n) is 5.58. The van der Waals surface area contributed by atoms with Crippen molar-refractivity contribution in [3.63, 3.8) is 0 Å². The number of nitrogens with one attached hydrogen (secondary N) is 1. The van der Waals surface area contributed by atoms with Crippen molar-refractivity contribution in [2.45, 2.75) is 31.7 Å². The number of rotatable bonds is 6. The van der Waals surface area contributed by atoms with E-state index in [0.29, 0.717) is 17.1 Å². The summed E-state index contributed by atoms with van der Waals surface area (Å²) in [6, 6.07) is 12.1. The SMILES string of the molecule is CCS(=O)(=O)c1cccc(CC(=O)NCc2cc(Cl)ccc2C)c1. The van der Waals surface area contributed by atoms with E-state index in [1.54, 1.807) is 31.2 Å². The van der Waals surface area contributed by atoms with Gasteiger partial charge in [0.15, 0.2) is 9.84 Å². The Hall–Kier alpha value is -1.85. The third-order valence-electron chi connectivity index (χ3n) is 3.79. The first-order valence-electron chi connectivity index (χ1n) is 7.65. The fourth-order valence-corrected chi connectivity index (χ4v) is 3.43. The lowest BCUT2D eigenvalue weighted by molar-refractivity contribution is -0.120. The van der Waals surface area contributed by atoms with Crippen molar-refractivity contribution in [3.05, 3.63) is 64.2 Å². The zero-order valence-corrected chi connectivity index (χ0v) is 15.2. The van der Waals surface area contributed by atoms with E-state index < -0.39 is 9.84 Å². The van der Waals surface area contributed by atoms with Gasteiger partial charge in [0.2, 0.25) is 5.91 Å². The van der Waals surface area contributed by atoms with Crippen molar-refractivity contribution < 1.29 is 13.2 Å². The molecule has 128 valence electrons. The van der Waals surface area contributed by atoms with Crippen LogP contribution in [0.4, 0.5) is 0 Å². The van der Waals surface area contributed by atoms with Gasteiger partial charge in [0, 0.05) is 11.6 Å². The molecule has 2 aromatic rings. The van der Waals surface area contributed by atoms with E-state index in [2.05, 4.69) is 5.32 Å². The van der Waals surface area contributed by atoms with Gasteiger partial charge in [0.25, 0.3) is 0 Å². The molecule has 1 N–H and O–H groups in total. The van der Waals surface area contributed by atoms with E-state index in [1.165, 1.54) is 0 Å². The number of amides is 1. The Labute approximate surface area is 147 Å². The first-order chi connectivity index (χ1) is 11.3. The molecular weight excluding hydrogens is 346 g/mol. The number of hydrogen-bond acceptors (Lipinski definition) is 3. The van der Waals surface area contributed by atoms with Crippen LogP contribution in [0.15, 0.2) is 47.4 Å². The Bertz CT molecular complexity index is 847. The fraction of sp³-hybridized carbons (Fsp3) is 0.278. The minimum absolute atomic E-state index is 0.0384. The molecule has 2 aromatic carbocycles. The van der Waals surface area contributed by atoms with Crippen LogP contribution in [0.1, 0.15) is 23.6 Å². The number of aryl methyl sites for hydroxylation is 1. The number of carbonyl (C=O) groups excluding carboxylic acids is 1. The van der Waals surface area contributed by atoms with Crippen molar-refractivity contribution in [1.29, 1.82) is 0 Å². The predicted octanol–water partition coefficient (Wildman–Crippen LogP) is 3.30. The molecule has 4 nitrogen and oxygen atoms in total. The van der Waals surface area contributed by atoms with Gasteiger partial charge in [-0.25, -0.2) is 8.42 Å². The predicted molar refractivity (Wildman–Crippen MR) is 95.9 cm³/mol. The number of halogens is 1. The lowest BCUT2D eigenvalue weighted by Crippen LogP contribution is -2.25. The minimum Gasteiger partial charge on any atom is -0.352 e. The Balaban J connectivity index is 2.03. The fourth-order valence-electron chi connectivity index (χ4n) is 2.29. The maximum Gasteiger partial charge on any atom is 0.224 e. The molecule has 0 aliphatic heterocycles. The van der Waals surface area contributed by atoms with Gasteiger partial charge in [0.1, 0.15) is 0 Å². The molecule has 0 aliphatic rings. The molecule has 0 saturated carbocycles. The van der Waals surface area contributed by atoms with Gasteiger partial charge in [-0.1, -0.05) is 36.7 Å². The van der Waals surface area contributed by atoms with Gasteiger partial charge < -0.3 is 5.32 Å². The summed E-state index contributed by atoms with van der Waals surface area (Å²) in [6.07, 6.45) is 0.132. The molecule has 0 heterocycles. The summed E-state index contributed by atoms with van der Waals surface area (Å²) < 4.78 is 23.8. The van der Waals surface area contributed by atoms with Crippen LogP contribution < -0.4 is 5.32 Å². The van der Waals surface area contributed by atoms with Crippen LogP contribution in [0.25, 0.3) is 0 Å². The van der Waals surface area contributed by atoms with Crippen LogP contribution in [0.2, 0.25) is 5.02 Å². The zero-order chi connectivity index (χ0) is 17.7. The lowest BCUT2D eigenvalue weighted by atomic mass is 10.1. The standard InChI is InChI=1S/C18H20ClNO3S/c1-3-24(22,23)17-6-4-5-14(9-17)10-18(21)20-12-15-11-16(19)8-7-13(15)2/h4-9,11H,3,10,12H2,1-2H3,(H,20,21). The van der Waals surface area contributed by atoms with Crippen molar-refractivity contribution in [3.8, 4) is 0 Å². The summed E-state index contributed by atoms with van der Waals surface area (Å²) >= 11 is 5.97. The van der Waals surface area contributed by atoms with Gasteiger partial charge in [-0.05, 0) is 47.9 Å². The Morgan fingerprint density at radius 2 is 1.92 bits per heavy atom. The molecule has 0 unspecified atom stereocenters. The first kappa shape index (κ1) is 18.5. The number of benzene rings is 2. The van der Waals surface area contributed by atoms with Gasteiger partial charge in [-0.3, -0.25) is 4.79 Å². The molecule has 0 bridgehead atoms. The molecule has 0 fully saturated rings. The highest BCUT2D eigenvalue weighted by Gasteiger charge is 2.13. The summed E-state index contributed by atoms with van der Waals surface area (Å²) in [6.45, 7) is 3.94. The van der Waals surface area contributed by atoms with Gasteiger partial charge >= 0.3 is 0 Å². The average Bonchev–Trinajstić information content (AvgIpc) is 2.56. The number of sulfone groups is 1. The van der Waals surface area contributed by atoms with Crippen molar-refractivity contribution in [2.75, 3.05) is 5.75 Å². The second kappa shape index (κ2) is 7.81. The monoisotopic (exact) mass is 365 g/mol. The van der Waals surface area contributed by atoms with Crippen molar-refractivity contribution in [2.24, 2.45) is 0 Å². The molecule has 0 saturated heterocycles. The normalized spacial score (nSPS) is 11.3. The zero-order valence-electron chi connectivity index (χ0n) is 13.7. The maximum atomic E-state index is 12.1. The Kier molecular flexibility index (Phi) is 6.02. The largest absolute Gasteiger partial charge is 0.352 e. The summed E-state index contributed by atoms with van der Waals surface area (Å²) in [5.41, 5.74) is 2.68. The molecular formula is C18H20ClNO3S. The van der Waals surface area contributed by atoms with Crippen molar-refractivity contribution >= 4 is 27.3 Å². The topological polar surface area (TPSA) is 63.2 Å². The van der Waals surface area contributed by atoms with Crippen LogP contribution in [-0.4, -0.2) is 20.1 Å². The van der Waals surface area contributed by atoms with Crippen LogP contribution >= 0.6 is 11.6 Å². The molecule has 0 aromatic heterocycles. The maximum absolute atomic E-state index is 12.1. The van der Waals surface area contributed by atoms with Crippen LogP contribution in [0.5, 0.6) is 0 Å². The third-order valence-corrected chi connectivity index (χ3v) is 5.76. The smallest absolute Gasteiger partial charge is 0.224 e. The van der Waals surface area contributed by atoms with Crippen LogP contribution in [-0.2, 0) is 27.6 Å². The quantitative estimate of drug-likeness (QED) is 0.854. The van der Waals surface area contributed by atoms with E-state index in [4.69, 9.17) is 11.6 Å². The van der Waals surface area contributed by atoms with Gasteiger partial charge in [-0.2, -0.15) is 0 Å². The van der Waals surface area contributed by atoms with Crippen LogP contribution in [0.3, 0.4) is 0 Å². The van der Waals surface area contributed by atoms with Gasteiger partial charge in [-0.15, -0.1) is 0 Å². The van der Waals surface area contributed by atoms with E-state index >= 15 is 0 Å². The molecule has 1 amide bonds. The second-order valence-corrected chi connectivity index (χ2v) is 8.29. The molecule has 0 spiro atoms. The number of hydrogen-bond donors (Lipinski definition) is 1. The van der Waals surface area contributed by atoms with Gasteiger partial charge in [0.05, 0.1) is 17.1 Å². The Morgan fingerprint density at radius 1 is 1.17 bits per heavy atom. The summed E-state index contributed by atoms with van der Waals surface area (Å²) in [5, 5.41) is 3.47. The lowest BCUT2D eigenvalue weighted by Gasteiger charge is -2.09. The van der Waals surface area contributed by atoms with Crippen LogP contribution in [0, 0.1) is 6.92 Å². The molecule has 2 rings (SSSR count). The van der Waals surface area contributed by atoms with E-state index in [0.717, 1.165) is 11.1 Å². The molecule has 24 heavy (non-hydrogen) atoms. The number of carbonyl (C=O) groups is 1. The highest BCUT2D eigenvalue weighted by molar-refractivity contribution is 7.91. The summed E-state index contributed by atoms with van der Waals surface area (Å²) in [5.74, 6) is -0.128. The first-order valence-corrected chi connectivity index (χ1v) is 9.68. The molecule has 0 radical (unpaired) electrons. The van der Waals surface area contributed by atoms with E-state index in [9.17, 15) is 13.2 Å². The third kappa shape index (κ3) is 4.82. The highest BCUT2D eigenvalue weighted by Crippen LogP contribution is 2.16. The minimum atomic E-state index is -3.27.